The molecule has 1 atom stereocenters. The van der Waals surface area contributed by atoms with Gasteiger partial charge in [0.15, 0.2) is 0 Å². The van der Waals surface area contributed by atoms with Crippen molar-refractivity contribution in [1.82, 2.24) is 0 Å². The van der Waals surface area contributed by atoms with Gasteiger partial charge in [-0.2, -0.15) is 0 Å². The lowest BCUT2D eigenvalue weighted by Gasteiger charge is -2.13. The van der Waals surface area contributed by atoms with E-state index in [1.54, 1.807) is 12.1 Å². The molecule has 19 heavy (non-hydrogen) atoms. The summed E-state index contributed by atoms with van der Waals surface area (Å²) < 4.78 is 19.3. The van der Waals surface area contributed by atoms with E-state index in [1.807, 2.05) is 20.8 Å². The second kappa shape index (κ2) is 5.47. The molecule has 0 bridgehead atoms. The lowest BCUT2D eigenvalue weighted by molar-refractivity contribution is 0.496. The fraction of sp³-hybridized carbons (Fsp3) is 0.333. The van der Waals surface area contributed by atoms with Gasteiger partial charge >= 0.3 is 0 Å². The molecule has 102 valence electrons. The van der Waals surface area contributed by atoms with Crippen molar-refractivity contribution in [3.63, 3.8) is 0 Å². The molecule has 1 aromatic heterocycles. The first-order valence-corrected chi connectivity index (χ1v) is 6.95. The molecule has 4 heteroatoms. The van der Waals surface area contributed by atoms with Gasteiger partial charge in [-0.1, -0.05) is 6.07 Å². The van der Waals surface area contributed by atoms with Crippen LogP contribution in [0.2, 0.25) is 0 Å². The molecule has 0 spiro atoms. The van der Waals surface area contributed by atoms with E-state index in [0.29, 0.717) is 10.9 Å². The number of hydrogen-bond acceptors (Lipinski definition) is 2. The summed E-state index contributed by atoms with van der Waals surface area (Å²) in [7, 11) is 0. The van der Waals surface area contributed by atoms with Crippen LogP contribution in [0.4, 0.5) is 4.39 Å². The molecule has 1 heterocycles. The number of halogens is 2. The molecule has 0 fully saturated rings. The predicted molar refractivity (Wildman–Crippen MR) is 77.7 cm³/mol. The van der Waals surface area contributed by atoms with Crippen LogP contribution in [0.5, 0.6) is 0 Å². The van der Waals surface area contributed by atoms with Crippen molar-refractivity contribution >= 4 is 15.9 Å². The fourth-order valence-corrected chi connectivity index (χ4v) is 2.80. The average molecular weight is 326 g/mol. The topological polar surface area (TPSA) is 39.2 Å². The lowest BCUT2D eigenvalue weighted by Crippen LogP contribution is -2.15. The maximum atomic E-state index is 13.2. The zero-order valence-corrected chi connectivity index (χ0v) is 12.8. The Balaban J connectivity index is 2.25. The molecule has 0 radical (unpaired) electrons. The maximum Gasteiger partial charge on any atom is 0.137 e. The number of rotatable bonds is 3. The van der Waals surface area contributed by atoms with E-state index in [4.69, 9.17) is 10.2 Å². The van der Waals surface area contributed by atoms with Crippen molar-refractivity contribution in [2.45, 2.75) is 33.2 Å². The van der Waals surface area contributed by atoms with Crippen LogP contribution in [0.1, 0.15) is 34.3 Å². The Morgan fingerprint density at radius 2 is 1.95 bits per heavy atom. The van der Waals surface area contributed by atoms with Crippen LogP contribution in [-0.4, -0.2) is 0 Å². The van der Waals surface area contributed by atoms with Gasteiger partial charge in [0, 0.05) is 11.6 Å². The molecular formula is C15H17BrFNO. The van der Waals surface area contributed by atoms with Crippen molar-refractivity contribution in [2.24, 2.45) is 5.73 Å². The summed E-state index contributed by atoms with van der Waals surface area (Å²) in [6.07, 6.45) is 0.652. The van der Waals surface area contributed by atoms with Crippen LogP contribution in [0.15, 0.2) is 27.1 Å². The third-order valence-electron chi connectivity index (χ3n) is 3.43. The number of nitrogens with two attached hydrogens (primary N) is 1. The van der Waals surface area contributed by atoms with E-state index < -0.39 is 0 Å². The summed E-state index contributed by atoms with van der Waals surface area (Å²) in [5.41, 5.74) is 9.42. The van der Waals surface area contributed by atoms with Crippen molar-refractivity contribution in [2.75, 3.05) is 0 Å². The standard InChI is InChI=1S/C15H17BrFNO/c1-8-9(2)19-10(3)15(8)14(18)7-11-4-5-13(17)12(16)6-11/h4-6,14H,7,18H2,1-3H3. The van der Waals surface area contributed by atoms with Gasteiger partial charge in [0.2, 0.25) is 0 Å². The normalized spacial score (nSPS) is 12.7. The molecule has 0 amide bonds. The van der Waals surface area contributed by atoms with Crippen LogP contribution < -0.4 is 5.73 Å². The lowest BCUT2D eigenvalue weighted by atomic mass is 9.96. The summed E-state index contributed by atoms with van der Waals surface area (Å²) in [6, 6.07) is 4.84. The van der Waals surface area contributed by atoms with Gasteiger partial charge < -0.3 is 10.2 Å². The van der Waals surface area contributed by atoms with Gasteiger partial charge in [-0.25, -0.2) is 4.39 Å². The van der Waals surface area contributed by atoms with Crippen molar-refractivity contribution in [1.29, 1.82) is 0 Å². The Morgan fingerprint density at radius 3 is 2.47 bits per heavy atom. The van der Waals surface area contributed by atoms with Crippen molar-refractivity contribution < 1.29 is 8.81 Å². The second-order valence-electron chi connectivity index (χ2n) is 4.81. The van der Waals surface area contributed by atoms with Gasteiger partial charge in [0.05, 0.1) is 4.47 Å². The molecule has 2 nitrogen and oxygen atoms in total. The van der Waals surface area contributed by atoms with Gasteiger partial charge in [-0.15, -0.1) is 0 Å². The van der Waals surface area contributed by atoms with E-state index in [2.05, 4.69) is 15.9 Å². The fourth-order valence-electron chi connectivity index (χ4n) is 2.38. The highest BCUT2D eigenvalue weighted by molar-refractivity contribution is 9.10. The summed E-state index contributed by atoms with van der Waals surface area (Å²) in [5.74, 6) is 1.51. The Labute approximate surface area is 120 Å². The van der Waals surface area contributed by atoms with Crippen LogP contribution >= 0.6 is 15.9 Å². The zero-order valence-electron chi connectivity index (χ0n) is 11.3. The van der Waals surface area contributed by atoms with Gasteiger partial charge in [-0.05, 0) is 66.4 Å². The van der Waals surface area contributed by atoms with E-state index in [1.165, 1.54) is 6.07 Å². The molecule has 0 aliphatic carbocycles. The third kappa shape index (κ3) is 2.90. The smallest absolute Gasteiger partial charge is 0.137 e. The largest absolute Gasteiger partial charge is 0.466 e. The highest BCUT2D eigenvalue weighted by atomic mass is 79.9. The average Bonchev–Trinajstić information content (AvgIpc) is 2.58. The van der Waals surface area contributed by atoms with E-state index in [9.17, 15) is 4.39 Å². The first-order valence-electron chi connectivity index (χ1n) is 6.16. The minimum absolute atomic E-state index is 0.144. The third-order valence-corrected chi connectivity index (χ3v) is 4.04. The van der Waals surface area contributed by atoms with Crippen LogP contribution in [-0.2, 0) is 6.42 Å². The summed E-state index contributed by atoms with van der Waals surface area (Å²) in [6.45, 7) is 5.88. The van der Waals surface area contributed by atoms with Crippen LogP contribution in [0.3, 0.4) is 0 Å². The van der Waals surface area contributed by atoms with Crippen molar-refractivity contribution in [3.8, 4) is 0 Å². The zero-order chi connectivity index (χ0) is 14.2. The molecular weight excluding hydrogens is 309 g/mol. The summed E-state index contributed by atoms with van der Waals surface area (Å²) in [4.78, 5) is 0. The van der Waals surface area contributed by atoms with Gasteiger partial charge in [0.25, 0.3) is 0 Å². The van der Waals surface area contributed by atoms with Gasteiger partial charge in [-0.3, -0.25) is 0 Å². The van der Waals surface area contributed by atoms with Crippen molar-refractivity contribution in [3.05, 3.63) is 56.7 Å². The highest BCUT2D eigenvalue weighted by Gasteiger charge is 2.18. The molecule has 2 N–H and O–H groups in total. The molecule has 0 aliphatic heterocycles. The Morgan fingerprint density at radius 1 is 1.26 bits per heavy atom. The predicted octanol–water partition coefficient (Wildman–Crippen LogP) is 4.35. The molecule has 2 rings (SSSR count). The molecule has 1 aromatic carbocycles. The molecule has 0 saturated heterocycles. The van der Waals surface area contributed by atoms with E-state index >= 15 is 0 Å². The Kier molecular flexibility index (Phi) is 4.11. The molecule has 0 saturated carbocycles. The first kappa shape index (κ1) is 14.3. The Hall–Kier alpha value is -1.13. The second-order valence-corrected chi connectivity index (χ2v) is 5.67. The van der Waals surface area contributed by atoms with E-state index in [-0.39, 0.29) is 11.9 Å². The first-order chi connectivity index (χ1) is 8.90. The highest BCUT2D eigenvalue weighted by Crippen LogP contribution is 2.28. The number of furan rings is 1. The molecule has 2 aromatic rings. The minimum Gasteiger partial charge on any atom is -0.466 e. The SMILES string of the molecule is Cc1oc(C)c(C(N)Cc2ccc(F)c(Br)c2)c1C. The number of benzene rings is 1. The van der Waals surface area contributed by atoms with Gasteiger partial charge in [0.1, 0.15) is 17.3 Å². The molecule has 0 aliphatic rings. The van der Waals surface area contributed by atoms with E-state index in [0.717, 1.165) is 28.2 Å². The summed E-state index contributed by atoms with van der Waals surface area (Å²) in [5, 5.41) is 0. The maximum absolute atomic E-state index is 13.2. The van der Waals surface area contributed by atoms with Crippen LogP contribution in [0.25, 0.3) is 0 Å². The monoisotopic (exact) mass is 325 g/mol. The molecule has 1 unspecified atom stereocenters. The quantitative estimate of drug-likeness (QED) is 0.911. The number of aryl methyl sites for hydroxylation is 2. The number of hydrogen-bond donors (Lipinski definition) is 1. The van der Waals surface area contributed by atoms with Crippen LogP contribution in [0, 0.1) is 26.6 Å². The summed E-state index contributed by atoms with van der Waals surface area (Å²) >= 11 is 3.19. The Bertz CT molecular complexity index is 606. The minimum atomic E-state index is -0.260.